The molecule has 2 amide bonds. The van der Waals surface area contributed by atoms with Crippen LogP contribution in [0.5, 0.6) is 0 Å². The normalized spacial score (nSPS) is 19.9. The van der Waals surface area contributed by atoms with Crippen LogP contribution in [0.4, 0.5) is 0 Å². The first-order valence-corrected chi connectivity index (χ1v) is 7.18. The molecule has 1 aliphatic rings. The summed E-state index contributed by atoms with van der Waals surface area (Å²) in [5, 5.41) is 0. The fourth-order valence-corrected chi connectivity index (χ4v) is 2.66. The van der Waals surface area contributed by atoms with Gasteiger partial charge in [-0.3, -0.25) is 14.5 Å². The van der Waals surface area contributed by atoms with Crippen molar-refractivity contribution in [3.63, 3.8) is 0 Å². The lowest BCUT2D eigenvalue weighted by molar-refractivity contribution is -0.125. The van der Waals surface area contributed by atoms with E-state index in [0.717, 1.165) is 4.47 Å². The molecular formula is C15H18BrNO2. The molecule has 0 aromatic heterocycles. The highest BCUT2D eigenvalue weighted by Gasteiger charge is 2.39. The van der Waals surface area contributed by atoms with E-state index in [0.29, 0.717) is 18.5 Å². The molecule has 1 aromatic carbocycles. The Morgan fingerprint density at radius 2 is 2.05 bits per heavy atom. The molecule has 0 saturated carbocycles. The minimum Gasteiger partial charge on any atom is -0.278 e. The van der Waals surface area contributed by atoms with Crippen LogP contribution in [-0.2, 0) is 4.79 Å². The molecule has 0 aliphatic carbocycles. The van der Waals surface area contributed by atoms with E-state index in [1.54, 1.807) is 18.2 Å². The molecule has 0 radical (unpaired) electrons. The van der Waals surface area contributed by atoms with Gasteiger partial charge in [0, 0.05) is 23.0 Å². The monoisotopic (exact) mass is 323 g/mol. The Hall–Kier alpha value is -1.16. The van der Waals surface area contributed by atoms with Crippen molar-refractivity contribution in [1.29, 1.82) is 0 Å². The van der Waals surface area contributed by atoms with E-state index in [4.69, 9.17) is 0 Å². The van der Waals surface area contributed by atoms with Crippen LogP contribution in [0.15, 0.2) is 28.7 Å². The molecule has 102 valence electrons. The zero-order valence-corrected chi connectivity index (χ0v) is 13.0. The molecule has 0 N–H and O–H groups in total. The van der Waals surface area contributed by atoms with Gasteiger partial charge in [-0.15, -0.1) is 0 Å². The summed E-state index contributed by atoms with van der Waals surface area (Å²) in [6.45, 7) is 6.85. The molecule has 2 rings (SSSR count). The summed E-state index contributed by atoms with van der Waals surface area (Å²) < 4.78 is 0.845. The van der Waals surface area contributed by atoms with E-state index in [1.165, 1.54) is 4.90 Å². The second-order valence-electron chi connectivity index (χ2n) is 6.09. The van der Waals surface area contributed by atoms with E-state index in [-0.39, 0.29) is 23.1 Å². The topological polar surface area (TPSA) is 37.4 Å². The van der Waals surface area contributed by atoms with Gasteiger partial charge >= 0.3 is 0 Å². The largest absolute Gasteiger partial charge is 0.278 e. The van der Waals surface area contributed by atoms with Crippen molar-refractivity contribution < 1.29 is 9.59 Å². The minimum atomic E-state index is -0.196. The average molecular weight is 324 g/mol. The van der Waals surface area contributed by atoms with Crippen LogP contribution in [0.1, 0.15) is 37.6 Å². The molecule has 4 heteroatoms. The fraction of sp³-hybridized carbons (Fsp3) is 0.467. The molecule has 1 unspecified atom stereocenters. The first-order valence-electron chi connectivity index (χ1n) is 6.39. The Labute approximate surface area is 122 Å². The quantitative estimate of drug-likeness (QED) is 0.742. The Morgan fingerprint density at radius 1 is 1.37 bits per heavy atom. The molecule has 1 aliphatic heterocycles. The first-order chi connectivity index (χ1) is 8.79. The smallest absolute Gasteiger partial charge is 0.260 e. The van der Waals surface area contributed by atoms with Gasteiger partial charge < -0.3 is 0 Å². The van der Waals surface area contributed by atoms with Crippen molar-refractivity contribution in [3.8, 4) is 0 Å². The molecule has 0 spiro atoms. The van der Waals surface area contributed by atoms with E-state index in [1.807, 2.05) is 6.07 Å². The van der Waals surface area contributed by atoms with Gasteiger partial charge in [-0.2, -0.15) is 0 Å². The van der Waals surface area contributed by atoms with Gasteiger partial charge in [-0.05, 0) is 29.5 Å². The van der Waals surface area contributed by atoms with Crippen LogP contribution in [0.25, 0.3) is 0 Å². The van der Waals surface area contributed by atoms with Crippen LogP contribution >= 0.6 is 15.9 Å². The van der Waals surface area contributed by atoms with Gasteiger partial charge in [-0.1, -0.05) is 42.8 Å². The van der Waals surface area contributed by atoms with Gasteiger partial charge in [0.2, 0.25) is 5.91 Å². The lowest BCUT2D eigenvalue weighted by Crippen LogP contribution is -2.33. The summed E-state index contributed by atoms with van der Waals surface area (Å²) in [6, 6.07) is 7.16. The van der Waals surface area contributed by atoms with Crippen LogP contribution in [0.3, 0.4) is 0 Å². The number of likely N-dealkylation sites (tertiary alicyclic amines) is 1. The Bertz CT molecular complexity index is 519. The van der Waals surface area contributed by atoms with Crippen molar-refractivity contribution in [1.82, 2.24) is 4.90 Å². The molecule has 1 fully saturated rings. The lowest BCUT2D eigenvalue weighted by Gasteiger charge is -2.26. The number of halogens is 1. The van der Waals surface area contributed by atoms with E-state index in [2.05, 4.69) is 36.7 Å². The summed E-state index contributed by atoms with van der Waals surface area (Å²) in [7, 11) is 0. The summed E-state index contributed by atoms with van der Waals surface area (Å²) >= 11 is 3.34. The molecule has 1 atom stereocenters. The summed E-state index contributed by atoms with van der Waals surface area (Å²) in [6.07, 6.45) is 0.462. The predicted octanol–water partition coefficient (Wildman–Crippen LogP) is 3.48. The summed E-state index contributed by atoms with van der Waals surface area (Å²) in [5.41, 5.74) is 0.597. The van der Waals surface area contributed by atoms with Gasteiger partial charge in [-0.25, -0.2) is 0 Å². The maximum atomic E-state index is 12.4. The van der Waals surface area contributed by atoms with Gasteiger partial charge in [0.1, 0.15) is 0 Å². The third-order valence-corrected chi connectivity index (χ3v) is 4.16. The molecule has 1 aromatic rings. The number of rotatable bonds is 1. The second kappa shape index (κ2) is 5.08. The summed E-state index contributed by atoms with van der Waals surface area (Å²) in [5.74, 6) is -0.0287. The highest BCUT2D eigenvalue weighted by atomic mass is 79.9. The Morgan fingerprint density at radius 3 is 2.58 bits per heavy atom. The third-order valence-electron chi connectivity index (χ3n) is 3.67. The van der Waals surface area contributed by atoms with Gasteiger partial charge in [0.15, 0.2) is 0 Å². The van der Waals surface area contributed by atoms with Crippen LogP contribution in [-0.4, -0.2) is 23.3 Å². The van der Waals surface area contributed by atoms with Crippen molar-refractivity contribution in [2.75, 3.05) is 6.54 Å². The zero-order chi connectivity index (χ0) is 14.2. The van der Waals surface area contributed by atoms with E-state index >= 15 is 0 Å². The van der Waals surface area contributed by atoms with Crippen molar-refractivity contribution in [2.45, 2.75) is 27.2 Å². The molecule has 19 heavy (non-hydrogen) atoms. The molecule has 0 bridgehead atoms. The highest BCUT2D eigenvalue weighted by molar-refractivity contribution is 9.10. The number of benzene rings is 1. The first kappa shape index (κ1) is 14.3. The van der Waals surface area contributed by atoms with Gasteiger partial charge in [0.05, 0.1) is 0 Å². The van der Waals surface area contributed by atoms with Gasteiger partial charge in [0.25, 0.3) is 5.91 Å². The number of hydrogen-bond acceptors (Lipinski definition) is 2. The molecule has 3 nitrogen and oxygen atoms in total. The maximum Gasteiger partial charge on any atom is 0.260 e. The number of imide groups is 1. The van der Waals surface area contributed by atoms with Crippen molar-refractivity contribution >= 4 is 27.7 Å². The third kappa shape index (κ3) is 3.06. The van der Waals surface area contributed by atoms with Crippen LogP contribution in [0, 0.1) is 11.3 Å². The Balaban J connectivity index is 2.19. The van der Waals surface area contributed by atoms with Crippen LogP contribution in [0.2, 0.25) is 0 Å². The molecular weight excluding hydrogens is 306 g/mol. The average Bonchev–Trinajstić information content (AvgIpc) is 2.70. The molecule has 1 heterocycles. The fourth-order valence-electron chi connectivity index (χ4n) is 2.26. The standard InChI is InChI=1S/C15H18BrNO2/c1-15(2,3)11-8-13(18)17(9-11)14(19)10-5-4-6-12(16)7-10/h4-7,11H,8-9H2,1-3H3. The number of nitrogens with zero attached hydrogens (tertiary/aromatic N) is 1. The number of carbonyl (C=O) groups excluding carboxylic acids is 2. The number of amides is 2. The number of hydrogen-bond donors (Lipinski definition) is 0. The SMILES string of the molecule is CC(C)(C)C1CC(=O)N(C(=O)c2cccc(Br)c2)C1. The van der Waals surface area contributed by atoms with Crippen LogP contribution < -0.4 is 0 Å². The minimum absolute atomic E-state index is 0.0436. The van der Waals surface area contributed by atoms with E-state index in [9.17, 15) is 9.59 Å². The van der Waals surface area contributed by atoms with Crippen molar-refractivity contribution in [3.05, 3.63) is 34.3 Å². The second-order valence-corrected chi connectivity index (χ2v) is 7.00. The Kier molecular flexibility index (Phi) is 3.81. The highest BCUT2D eigenvalue weighted by Crippen LogP contribution is 2.34. The predicted molar refractivity (Wildman–Crippen MR) is 77.7 cm³/mol. The lowest BCUT2D eigenvalue weighted by atomic mass is 9.80. The number of carbonyl (C=O) groups is 2. The summed E-state index contributed by atoms with van der Waals surface area (Å²) in [4.78, 5) is 25.8. The van der Waals surface area contributed by atoms with Crippen molar-refractivity contribution in [2.24, 2.45) is 11.3 Å². The maximum absolute atomic E-state index is 12.4. The zero-order valence-electron chi connectivity index (χ0n) is 11.4. The molecule has 1 saturated heterocycles. The van der Waals surface area contributed by atoms with E-state index < -0.39 is 0 Å².